The molecule has 0 aromatic carbocycles. The summed E-state index contributed by atoms with van der Waals surface area (Å²) in [6, 6.07) is 1.91. The second-order valence-electron chi connectivity index (χ2n) is 5.93. The van der Waals surface area contributed by atoms with E-state index in [1.165, 1.54) is 12.8 Å². The summed E-state index contributed by atoms with van der Waals surface area (Å²) in [5, 5.41) is 5.32. The van der Waals surface area contributed by atoms with Gasteiger partial charge in [0, 0.05) is 25.8 Å². The first-order chi connectivity index (χ1) is 10.1. The summed E-state index contributed by atoms with van der Waals surface area (Å²) in [6.45, 7) is 5.60. The number of likely N-dealkylation sites (tertiary alicyclic amines) is 1. The van der Waals surface area contributed by atoms with Crippen LogP contribution < -0.4 is 0 Å². The average Bonchev–Trinajstić information content (AvgIpc) is 2.67. The Hall–Kier alpha value is -1.91. The summed E-state index contributed by atoms with van der Waals surface area (Å²) in [4.78, 5) is 19.5. The molecule has 3 heterocycles. The van der Waals surface area contributed by atoms with Gasteiger partial charge in [-0.2, -0.15) is 5.10 Å². The Labute approximate surface area is 125 Å². The Kier molecular flexibility index (Phi) is 3.66. The minimum absolute atomic E-state index is 0.128. The molecule has 1 aliphatic rings. The number of nitrogens with zero attached hydrogens (tertiary/aromatic N) is 4. The van der Waals surface area contributed by atoms with Gasteiger partial charge in [-0.25, -0.2) is 4.98 Å². The highest BCUT2D eigenvalue weighted by atomic mass is 16.2. The standard InChI is InChI=1S/C16H22N4O/c1-11-10-13(14-12(2)18-19(3)15(14)17-11)16(21)20-8-6-4-5-7-9-20/h10H,4-9H2,1-3H3. The summed E-state index contributed by atoms with van der Waals surface area (Å²) in [5.41, 5.74) is 3.29. The van der Waals surface area contributed by atoms with E-state index < -0.39 is 0 Å². The molecule has 0 N–H and O–H groups in total. The molecule has 5 heteroatoms. The number of aryl methyl sites for hydroxylation is 3. The second-order valence-corrected chi connectivity index (χ2v) is 5.93. The molecule has 5 nitrogen and oxygen atoms in total. The van der Waals surface area contributed by atoms with Crippen LogP contribution in [0.1, 0.15) is 47.4 Å². The number of carbonyl (C=O) groups is 1. The van der Waals surface area contributed by atoms with Crippen molar-refractivity contribution in [2.45, 2.75) is 39.5 Å². The van der Waals surface area contributed by atoms with E-state index in [9.17, 15) is 4.79 Å². The van der Waals surface area contributed by atoms with Gasteiger partial charge in [0.25, 0.3) is 5.91 Å². The fourth-order valence-electron chi connectivity index (χ4n) is 3.18. The van der Waals surface area contributed by atoms with Crippen LogP contribution in [0.15, 0.2) is 6.07 Å². The van der Waals surface area contributed by atoms with Gasteiger partial charge >= 0.3 is 0 Å². The topological polar surface area (TPSA) is 51.0 Å². The molecule has 0 bridgehead atoms. The minimum Gasteiger partial charge on any atom is -0.339 e. The molecular formula is C16H22N4O. The van der Waals surface area contributed by atoms with Crippen LogP contribution in [0.2, 0.25) is 0 Å². The van der Waals surface area contributed by atoms with Crippen LogP contribution in [0.5, 0.6) is 0 Å². The van der Waals surface area contributed by atoms with Crippen molar-refractivity contribution in [2.75, 3.05) is 13.1 Å². The van der Waals surface area contributed by atoms with E-state index in [0.717, 1.165) is 53.9 Å². The first-order valence-electron chi connectivity index (χ1n) is 7.68. The zero-order valence-electron chi connectivity index (χ0n) is 13.0. The molecule has 0 spiro atoms. The number of carbonyl (C=O) groups excluding carboxylic acids is 1. The van der Waals surface area contributed by atoms with Gasteiger partial charge < -0.3 is 4.90 Å². The lowest BCUT2D eigenvalue weighted by atomic mass is 10.1. The van der Waals surface area contributed by atoms with E-state index in [4.69, 9.17) is 0 Å². The number of fused-ring (bicyclic) bond motifs is 1. The zero-order valence-corrected chi connectivity index (χ0v) is 13.0. The number of rotatable bonds is 1. The lowest BCUT2D eigenvalue weighted by molar-refractivity contribution is 0.0763. The molecular weight excluding hydrogens is 264 g/mol. The third kappa shape index (κ3) is 2.52. The fourth-order valence-corrected chi connectivity index (χ4v) is 3.18. The molecule has 2 aromatic rings. The molecule has 112 valence electrons. The monoisotopic (exact) mass is 286 g/mol. The lowest BCUT2D eigenvalue weighted by Crippen LogP contribution is -2.32. The van der Waals surface area contributed by atoms with Gasteiger partial charge in [-0.1, -0.05) is 12.8 Å². The number of hydrogen-bond donors (Lipinski definition) is 0. The third-order valence-corrected chi connectivity index (χ3v) is 4.22. The van der Waals surface area contributed by atoms with Crippen molar-refractivity contribution in [1.82, 2.24) is 19.7 Å². The second kappa shape index (κ2) is 5.47. The van der Waals surface area contributed by atoms with Crippen molar-refractivity contribution in [2.24, 2.45) is 7.05 Å². The average molecular weight is 286 g/mol. The van der Waals surface area contributed by atoms with Crippen LogP contribution in [-0.2, 0) is 7.05 Å². The minimum atomic E-state index is 0.128. The largest absolute Gasteiger partial charge is 0.339 e. The third-order valence-electron chi connectivity index (χ3n) is 4.22. The molecule has 1 fully saturated rings. The molecule has 1 amide bonds. The molecule has 1 saturated heterocycles. The van der Waals surface area contributed by atoms with Gasteiger partial charge in [-0.05, 0) is 32.8 Å². The van der Waals surface area contributed by atoms with E-state index in [2.05, 4.69) is 10.1 Å². The van der Waals surface area contributed by atoms with Crippen molar-refractivity contribution < 1.29 is 4.79 Å². The highest BCUT2D eigenvalue weighted by molar-refractivity contribution is 6.06. The van der Waals surface area contributed by atoms with Crippen molar-refractivity contribution in [1.29, 1.82) is 0 Å². The quantitative estimate of drug-likeness (QED) is 0.809. The fraction of sp³-hybridized carbons (Fsp3) is 0.562. The van der Waals surface area contributed by atoms with Crippen LogP contribution in [0.25, 0.3) is 11.0 Å². The van der Waals surface area contributed by atoms with E-state index >= 15 is 0 Å². The molecule has 2 aromatic heterocycles. The molecule has 0 unspecified atom stereocenters. The highest BCUT2D eigenvalue weighted by Gasteiger charge is 2.22. The number of pyridine rings is 1. The van der Waals surface area contributed by atoms with Crippen LogP contribution >= 0.6 is 0 Å². The highest BCUT2D eigenvalue weighted by Crippen LogP contribution is 2.24. The van der Waals surface area contributed by atoms with E-state index in [0.29, 0.717) is 0 Å². The maximum Gasteiger partial charge on any atom is 0.254 e. The summed E-state index contributed by atoms with van der Waals surface area (Å²) in [7, 11) is 1.88. The van der Waals surface area contributed by atoms with Gasteiger partial charge in [0.15, 0.2) is 5.65 Å². The van der Waals surface area contributed by atoms with Crippen LogP contribution in [0.3, 0.4) is 0 Å². The van der Waals surface area contributed by atoms with Crippen molar-refractivity contribution in [3.63, 3.8) is 0 Å². The summed E-state index contributed by atoms with van der Waals surface area (Å²) in [6.07, 6.45) is 4.65. The van der Waals surface area contributed by atoms with Crippen molar-refractivity contribution in [3.05, 3.63) is 23.0 Å². The van der Waals surface area contributed by atoms with Crippen molar-refractivity contribution >= 4 is 16.9 Å². The summed E-state index contributed by atoms with van der Waals surface area (Å²) >= 11 is 0. The first kappa shape index (κ1) is 14.0. The molecule has 3 rings (SSSR count). The Morgan fingerprint density at radius 2 is 1.81 bits per heavy atom. The Morgan fingerprint density at radius 1 is 1.14 bits per heavy atom. The van der Waals surface area contributed by atoms with E-state index in [-0.39, 0.29) is 5.91 Å². The smallest absolute Gasteiger partial charge is 0.254 e. The van der Waals surface area contributed by atoms with E-state index in [1.807, 2.05) is 31.9 Å². The molecule has 0 saturated carbocycles. The number of amides is 1. The van der Waals surface area contributed by atoms with Crippen LogP contribution in [0.4, 0.5) is 0 Å². The number of hydrogen-bond acceptors (Lipinski definition) is 3. The van der Waals surface area contributed by atoms with Gasteiger partial charge in [-0.15, -0.1) is 0 Å². The normalized spacial score (nSPS) is 16.2. The maximum atomic E-state index is 12.9. The predicted molar refractivity (Wildman–Crippen MR) is 82.4 cm³/mol. The van der Waals surface area contributed by atoms with Crippen LogP contribution in [-0.4, -0.2) is 38.7 Å². The molecule has 0 aliphatic carbocycles. The summed E-state index contributed by atoms with van der Waals surface area (Å²) in [5.74, 6) is 0.128. The summed E-state index contributed by atoms with van der Waals surface area (Å²) < 4.78 is 1.76. The van der Waals surface area contributed by atoms with Gasteiger partial charge in [0.05, 0.1) is 16.6 Å². The zero-order chi connectivity index (χ0) is 15.0. The molecule has 0 radical (unpaired) electrons. The SMILES string of the molecule is Cc1cc(C(=O)N2CCCCCC2)c2c(C)nn(C)c2n1. The first-order valence-corrected chi connectivity index (χ1v) is 7.68. The molecule has 1 aliphatic heterocycles. The molecule has 21 heavy (non-hydrogen) atoms. The Bertz CT molecular complexity index is 681. The van der Waals surface area contributed by atoms with Gasteiger partial charge in [0.1, 0.15) is 0 Å². The Balaban J connectivity index is 2.08. The molecule has 0 atom stereocenters. The maximum absolute atomic E-state index is 12.9. The lowest BCUT2D eigenvalue weighted by Gasteiger charge is -2.21. The van der Waals surface area contributed by atoms with Gasteiger partial charge in [-0.3, -0.25) is 9.48 Å². The van der Waals surface area contributed by atoms with E-state index in [1.54, 1.807) is 4.68 Å². The van der Waals surface area contributed by atoms with Crippen LogP contribution in [0, 0.1) is 13.8 Å². The number of aromatic nitrogens is 3. The predicted octanol–water partition coefficient (Wildman–Crippen LogP) is 2.60. The Morgan fingerprint density at radius 3 is 2.48 bits per heavy atom. The van der Waals surface area contributed by atoms with Crippen molar-refractivity contribution in [3.8, 4) is 0 Å². The van der Waals surface area contributed by atoms with Gasteiger partial charge in [0.2, 0.25) is 0 Å².